The van der Waals surface area contributed by atoms with Crippen LogP contribution >= 0.6 is 11.6 Å². The Bertz CT molecular complexity index is 995. The second-order valence-electron chi connectivity index (χ2n) is 8.35. The number of rotatable bonds is 10. The highest BCUT2D eigenvalue weighted by atomic mass is 35.5. The number of anilines is 1. The average Bonchev–Trinajstić information content (AvgIpc) is 3.11. The van der Waals surface area contributed by atoms with Crippen molar-refractivity contribution in [3.63, 3.8) is 0 Å². The van der Waals surface area contributed by atoms with Gasteiger partial charge in [0, 0.05) is 33.0 Å². The van der Waals surface area contributed by atoms with Gasteiger partial charge in [0.25, 0.3) is 0 Å². The maximum absolute atomic E-state index is 13.0. The molecule has 0 aliphatic carbocycles. The summed E-state index contributed by atoms with van der Waals surface area (Å²) in [7, 11) is -1.13. The number of nitrogens with zero attached hydrogens (tertiary/aromatic N) is 7. The van der Waals surface area contributed by atoms with E-state index < -0.39 is 13.9 Å². The van der Waals surface area contributed by atoms with Crippen molar-refractivity contribution in [2.24, 2.45) is 0 Å². The molecular formula is C19H26ClFN8OSi. The monoisotopic (exact) mass is 464 g/mol. The summed E-state index contributed by atoms with van der Waals surface area (Å²) < 4.78 is 20.8. The first kappa shape index (κ1) is 23.2. The summed E-state index contributed by atoms with van der Waals surface area (Å²) in [5, 5.41) is 3.14. The van der Waals surface area contributed by atoms with Crippen LogP contribution in [0.5, 0.6) is 0 Å². The number of halogens is 2. The van der Waals surface area contributed by atoms with Crippen LogP contribution in [-0.4, -0.2) is 49.2 Å². The first-order chi connectivity index (χ1) is 14.7. The number of hydrogen-bond acceptors (Lipinski definition) is 8. The zero-order chi connectivity index (χ0) is 22.4. The topological polar surface area (TPSA) is 104 Å². The zero-order valence-corrected chi connectivity index (χ0v) is 19.8. The second-order valence-corrected chi connectivity index (χ2v) is 14.3. The summed E-state index contributed by atoms with van der Waals surface area (Å²) >= 11 is 6.10. The van der Waals surface area contributed by atoms with Gasteiger partial charge in [0.05, 0.1) is 24.8 Å². The molecule has 31 heavy (non-hydrogen) atoms. The number of ether oxygens (including phenoxy) is 1. The molecule has 0 aliphatic heterocycles. The maximum Gasteiger partial charge on any atom is 0.227 e. The molecule has 0 radical (unpaired) electrons. The molecule has 0 spiro atoms. The normalized spacial score (nSPS) is 12.7. The zero-order valence-electron chi connectivity index (χ0n) is 18.0. The molecule has 0 aromatic carbocycles. The van der Waals surface area contributed by atoms with Crippen molar-refractivity contribution in [3.05, 3.63) is 53.4 Å². The van der Waals surface area contributed by atoms with Crippen molar-refractivity contribution in [2.75, 3.05) is 11.9 Å². The van der Waals surface area contributed by atoms with Crippen LogP contribution in [0.25, 0.3) is 0 Å². The summed E-state index contributed by atoms with van der Waals surface area (Å²) in [6.07, 6.45) is 6.11. The predicted molar refractivity (Wildman–Crippen MR) is 118 cm³/mol. The van der Waals surface area contributed by atoms with E-state index >= 15 is 0 Å². The predicted octanol–water partition coefficient (Wildman–Crippen LogP) is 3.73. The van der Waals surface area contributed by atoms with Gasteiger partial charge in [-0.2, -0.15) is 9.97 Å². The molecule has 1 atom stereocenters. The van der Waals surface area contributed by atoms with E-state index in [9.17, 15) is 4.39 Å². The van der Waals surface area contributed by atoms with Crippen molar-refractivity contribution in [3.8, 4) is 0 Å². The van der Waals surface area contributed by atoms with E-state index in [-0.39, 0.29) is 17.3 Å². The molecule has 0 aliphatic rings. The van der Waals surface area contributed by atoms with Crippen LogP contribution < -0.4 is 5.32 Å². The van der Waals surface area contributed by atoms with Gasteiger partial charge in [-0.1, -0.05) is 19.6 Å². The lowest BCUT2D eigenvalue weighted by Gasteiger charge is -2.16. The lowest BCUT2D eigenvalue weighted by Crippen LogP contribution is -2.22. The van der Waals surface area contributed by atoms with Gasteiger partial charge in [-0.05, 0) is 24.6 Å². The molecule has 3 aromatic rings. The molecule has 0 amide bonds. The number of nitrogens with one attached hydrogen (secondary N) is 1. The SMILES string of the molecule is C[C@H](Nc1nc(Cl)nc(Cc2cncn2COCC[Si](C)(C)C)n1)c1ncc(F)cn1. The van der Waals surface area contributed by atoms with Gasteiger partial charge in [-0.25, -0.2) is 24.3 Å². The highest BCUT2D eigenvalue weighted by Gasteiger charge is 2.15. The van der Waals surface area contributed by atoms with Crippen LogP contribution in [0.3, 0.4) is 0 Å². The highest BCUT2D eigenvalue weighted by Crippen LogP contribution is 2.16. The Morgan fingerprint density at radius 1 is 1.16 bits per heavy atom. The van der Waals surface area contributed by atoms with Gasteiger partial charge in [0.1, 0.15) is 18.4 Å². The Morgan fingerprint density at radius 3 is 2.61 bits per heavy atom. The second kappa shape index (κ2) is 10.2. The first-order valence-corrected chi connectivity index (χ1v) is 14.0. The van der Waals surface area contributed by atoms with E-state index in [1.807, 2.05) is 11.5 Å². The fraction of sp³-hybridized carbons (Fsp3) is 0.474. The molecule has 0 unspecified atom stereocenters. The van der Waals surface area contributed by atoms with E-state index in [1.54, 1.807) is 12.5 Å². The van der Waals surface area contributed by atoms with Gasteiger partial charge in [0.15, 0.2) is 5.82 Å². The van der Waals surface area contributed by atoms with Crippen LogP contribution in [0.15, 0.2) is 24.9 Å². The molecule has 1 N–H and O–H groups in total. The van der Waals surface area contributed by atoms with E-state index in [1.165, 1.54) is 0 Å². The standard InChI is InChI=1S/C19H26ClFN8OSi/c1-13(17-23-8-14(21)9-24-17)25-19-27-16(26-18(20)28-19)7-15-10-22-11-29(15)12-30-5-6-31(2,3)4/h8-11,13H,5-7,12H2,1-4H3,(H,25,26,27,28)/t13-/m0/s1. The van der Waals surface area contributed by atoms with Gasteiger partial charge in [-0.15, -0.1) is 0 Å². The summed E-state index contributed by atoms with van der Waals surface area (Å²) in [6.45, 7) is 9.91. The molecule has 0 bridgehead atoms. The minimum Gasteiger partial charge on any atom is -0.361 e. The summed E-state index contributed by atoms with van der Waals surface area (Å²) in [4.78, 5) is 24.9. The van der Waals surface area contributed by atoms with E-state index in [4.69, 9.17) is 16.3 Å². The molecule has 0 fully saturated rings. The van der Waals surface area contributed by atoms with Crippen LogP contribution in [0.1, 0.15) is 30.3 Å². The summed E-state index contributed by atoms with van der Waals surface area (Å²) in [5.41, 5.74) is 0.899. The lowest BCUT2D eigenvalue weighted by molar-refractivity contribution is 0.0855. The minimum absolute atomic E-state index is 0.0668. The van der Waals surface area contributed by atoms with Crippen molar-refractivity contribution < 1.29 is 9.13 Å². The molecule has 12 heteroatoms. The largest absolute Gasteiger partial charge is 0.361 e. The fourth-order valence-corrected chi connectivity index (χ4v) is 3.59. The highest BCUT2D eigenvalue weighted by molar-refractivity contribution is 6.76. The van der Waals surface area contributed by atoms with Gasteiger partial charge >= 0.3 is 0 Å². The number of aromatic nitrogens is 7. The van der Waals surface area contributed by atoms with Gasteiger partial charge in [-0.3, -0.25) is 0 Å². The summed E-state index contributed by atoms with van der Waals surface area (Å²) in [6, 6.07) is 0.752. The van der Waals surface area contributed by atoms with E-state index in [0.717, 1.165) is 30.7 Å². The number of hydrogen-bond donors (Lipinski definition) is 1. The van der Waals surface area contributed by atoms with Crippen LogP contribution in [0.2, 0.25) is 31.0 Å². The van der Waals surface area contributed by atoms with Gasteiger partial charge < -0.3 is 14.6 Å². The third-order valence-corrected chi connectivity index (χ3v) is 6.27. The van der Waals surface area contributed by atoms with Gasteiger partial charge in [0.2, 0.25) is 11.2 Å². The summed E-state index contributed by atoms with van der Waals surface area (Å²) in [5.74, 6) is 0.682. The van der Waals surface area contributed by atoms with Crippen LogP contribution in [0, 0.1) is 5.82 Å². The Kier molecular flexibility index (Phi) is 7.63. The third kappa shape index (κ3) is 7.30. The quantitative estimate of drug-likeness (QED) is 0.357. The first-order valence-electron chi connectivity index (χ1n) is 9.91. The molecule has 9 nitrogen and oxygen atoms in total. The van der Waals surface area contributed by atoms with Crippen molar-refractivity contribution in [1.82, 2.24) is 34.5 Å². The maximum atomic E-state index is 13.0. The third-order valence-electron chi connectivity index (χ3n) is 4.39. The molecule has 166 valence electrons. The van der Waals surface area contributed by atoms with E-state index in [0.29, 0.717) is 24.8 Å². The molecule has 3 rings (SSSR count). The molecule has 0 saturated carbocycles. The van der Waals surface area contributed by atoms with Crippen molar-refractivity contribution in [2.45, 2.75) is 51.8 Å². The smallest absolute Gasteiger partial charge is 0.227 e. The van der Waals surface area contributed by atoms with Crippen LogP contribution in [0.4, 0.5) is 10.3 Å². The Labute approximate surface area is 186 Å². The molecule has 0 saturated heterocycles. The van der Waals surface area contributed by atoms with Crippen molar-refractivity contribution in [1.29, 1.82) is 0 Å². The molecule has 3 aromatic heterocycles. The fourth-order valence-electron chi connectivity index (χ4n) is 2.65. The Balaban J connectivity index is 1.64. The lowest BCUT2D eigenvalue weighted by atomic mass is 10.3. The Morgan fingerprint density at radius 2 is 1.90 bits per heavy atom. The van der Waals surface area contributed by atoms with E-state index in [2.05, 4.69) is 54.9 Å². The molecule has 3 heterocycles. The minimum atomic E-state index is -1.13. The molecular weight excluding hydrogens is 439 g/mol. The van der Waals surface area contributed by atoms with Crippen LogP contribution in [-0.2, 0) is 17.9 Å². The number of imidazole rings is 1. The Hall–Kier alpha value is -2.50. The van der Waals surface area contributed by atoms with Crippen molar-refractivity contribution >= 4 is 25.6 Å². The average molecular weight is 465 g/mol.